The third-order valence-electron chi connectivity index (χ3n) is 6.42. The van der Waals surface area contributed by atoms with Crippen molar-refractivity contribution in [1.82, 2.24) is 0 Å². The molecule has 22 heavy (non-hydrogen) atoms. The van der Waals surface area contributed by atoms with E-state index in [4.69, 9.17) is 0 Å². The van der Waals surface area contributed by atoms with E-state index in [0.29, 0.717) is 10.6 Å². The highest BCUT2D eigenvalue weighted by Gasteiger charge is 2.58. The molecule has 0 saturated carbocycles. The quantitative estimate of drug-likeness (QED) is 0.435. The molecule has 3 aliphatic rings. The van der Waals surface area contributed by atoms with Gasteiger partial charge in [-0.3, -0.25) is 0 Å². The first-order valence-corrected chi connectivity index (χ1v) is 8.79. The Morgan fingerprint density at radius 1 is 1.23 bits per heavy atom. The predicted molar refractivity (Wildman–Crippen MR) is 99.8 cm³/mol. The van der Waals surface area contributed by atoms with Crippen LogP contribution < -0.4 is 0 Å². The zero-order valence-corrected chi connectivity index (χ0v) is 14.8. The average molecular weight is 292 g/mol. The van der Waals surface area contributed by atoms with Crippen molar-refractivity contribution in [2.75, 3.05) is 0 Å². The van der Waals surface area contributed by atoms with Crippen molar-refractivity contribution in [3.05, 3.63) is 58.7 Å². The fourth-order valence-electron chi connectivity index (χ4n) is 4.47. The van der Waals surface area contributed by atoms with Gasteiger partial charge in [-0.15, -0.1) is 0 Å². The molecule has 0 aromatic rings. The zero-order valence-electron chi connectivity index (χ0n) is 14.8. The Kier molecular flexibility index (Phi) is 3.87. The summed E-state index contributed by atoms with van der Waals surface area (Å²) in [5.41, 5.74) is 7.99. The minimum atomic E-state index is 0.503. The summed E-state index contributed by atoms with van der Waals surface area (Å²) in [6, 6.07) is 0. The Morgan fingerprint density at radius 2 is 1.95 bits per heavy atom. The summed E-state index contributed by atoms with van der Waals surface area (Å²) >= 11 is 0. The molecule has 0 aromatic heterocycles. The van der Waals surface area contributed by atoms with Crippen LogP contribution in [0.5, 0.6) is 0 Å². The molecule has 2 aliphatic carbocycles. The van der Waals surface area contributed by atoms with Crippen LogP contribution in [0.15, 0.2) is 58.7 Å². The summed E-state index contributed by atoms with van der Waals surface area (Å²) in [6.45, 7) is 13.5. The van der Waals surface area contributed by atoms with Crippen LogP contribution in [0.4, 0.5) is 0 Å². The molecule has 1 fully saturated rings. The number of allylic oxidation sites excluding steroid dienone is 9. The molecule has 0 amide bonds. The summed E-state index contributed by atoms with van der Waals surface area (Å²) in [5, 5.41) is 1.02. The normalized spacial score (nSPS) is 30.1. The van der Waals surface area contributed by atoms with Gasteiger partial charge < -0.3 is 0 Å². The molecule has 0 nitrogen and oxygen atoms in total. The van der Waals surface area contributed by atoms with Crippen molar-refractivity contribution in [1.29, 1.82) is 0 Å². The zero-order chi connectivity index (χ0) is 16.0. The smallest absolute Gasteiger partial charge is 0.0991 e. The molecule has 0 radical (unpaired) electrons. The first kappa shape index (κ1) is 15.7. The number of hydrogen-bond acceptors (Lipinski definition) is 0. The van der Waals surface area contributed by atoms with E-state index in [9.17, 15) is 0 Å². The minimum Gasteiger partial charge on any atom is -0.0991 e. The van der Waals surface area contributed by atoms with E-state index >= 15 is 0 Å². The maximum atomic E-state index is 3.81. The van der Waals surface area contributed by atoms with Crippen molar-refractivity contribution >= 4 is 7.28 Å². The first-order chi connectivity index (χ1) is 10.4. The van der Waals surface area contributed by atoms with Crippen LogP contribution in [0.1, 0.15) is 59.8 Å². The molecular weight excluding hydrogens is 263 g/mol. The van der Waals surface area contributed by atoms with Crippen molar-refractivity contribution in [2.45, 2.75) is 70.4 Å². The lowest BCUT2D eigenvalue weighted by molar-refractivity contribution is 0.573. The molecule has 1 heteroatoms. The van der Waals surface area contributed by atoms with Gasteiger partial charge in [-0.1, -0.05) is 67.9 Å². The summed E-state index contributed by atoms with van der Waals surface area (Å²) in [4.78, 5) is 0. The Morgan fingerprint density at radius 3 is 2.59 bits per heavy atom. The van der Waals surface area contributed by atoms with Gasteiger partial charge in [-0.2, -0.15) is 0 Å². The molecule has 1 aliphatic heterocycles. The van der Waals surface area contributed by atoms with Crippen LogP contribution in [0.2, 0.25) is 10.6 Å². The third-order valence-corrected chi connectivity index (χ3v) is 6.42. The van der Waals surface area contributed by atoms with Crippen molar-refractivity contribution in [2.24, 2.45) is 0 Å². The second kappa shape index (κ2) is 5.44. The Balaban J connectivity index is 1.91. The highest BCUT2D eigenvalue weighted by atomic mass is 14.5. The average Bonchev–Trinajstić information content (AvgIpc) is 2.96. The Bertz CT molecular complexity index is 624. The first-order valence-electron chi connectivity index (χ1n) is 8.79. The summed E-state index contributed by atoms with van der Waals surface area (Å²) < 4.78 is 0. The van der Waals surface area contributed by atoms with Gasteiger partial charge in [0.15, 0.2) is 0 Å². The van der Waals surface area contributed by atoms with Crippen LogP contribution >= 0.6 is 0 Å². The molecular formula is C21H29B. The molecule has 1 unspecified atom stereocenters. The van der Waals surface area contributed by atoms with E-state index in [0.717, 1.165) is 0 Å². The molecule has 1 saturated heterocycles. The van der Waals surface area contributed by atoms with E-state index in [1.807, 2.05) is 6.08 Å². The number of hydrogen-bond donors (Lipinski definition) is 0. The fraction of sp³-hybridized carbons (Fsp3) is 0.524. The molecule has 3 rings (SSSR count). The van der Waals surface area contributed by atoms with Gasteiger partial charge in [0.2, 0.25) is 0 Å². The lowest BCUT2D eigenvalue weighted by Crippen LogP contribution is -2.11. The third kappa shape index (κ3) is 2.60. The molecule has 1 atom stereocenters. The van der Waals surface area contributed by atoms with Gasteiger partial charge in [0.1, 0.15) is 7.28 Å². The topological polar surface area (TPSA) is 0 Å². The van der Waals surface area contributed by atoms with Gasteiger partial charge >= 0.3 is 0 Å². The van der Waals surface area contributed by atoms with Gasteiger partial charge in [0, 0.05) is 0 Å². The molecule has 0 spiro atoms. The summed E-state index contributed by atoms with van der Waals surface area (Å²) in [6.07, 6.45) is 15.0. The van der Waals surface area contributed by atoms with E-state index in [-0.39, 0.29) is 0 Å². The van der Waals surface area contributed by atoms with Crippen molar-refractivity contribution in [3.63, 3.8) is 0 Å². The number of rotatable bonds is 4. The van der Waals surface area contributed by atoms with Gasteiger partial charge in [-0.05, 0) is 61.3 Å². The Labute approximate surface area is 137 Å². The largest absolute Gasteiger partial charge is 0.134 e. The van der Waals surface area contributed by atoms with E-state index in [2.05, 4.69) is 52.5 Å². The fourth-order valence-corrected chi connectivity index (χ4v) is 4.47. The lowest BCUT2D eigenvalue weighted by atomic mass is 9.73. The van der Waals surface area contributed by atoms with E-state index in [1.54, 1.807) is 16.7 Å². The summed E-state index contributed by atoms with van der Waals surface area (Å²) in [7, 11) is 1.37. The maximum absolute atomic E-state index is 3.81. The van der Waals surface area contributed by atoms with Gasteiger partial charge in [-0.25, -0.2) is 0 Å². The van der Waals surface area contributed by atoms with E-state index in [1.165, 1.54) is 50.5 Å². The molecule has 0 N–H and O–H groups in total. The standard InChI is InChI=1S/C21H29B/c1-6-7-9-16-12-13-17-10-8-11-18(19(17)15(16)2)14-21(5)20(3,4)22-21/h6-7,9,11,22H,1,8,10,12-14H2,2-5H3/b9-7-. The van der Waals surface area contributed by atoms with Crippen LogP contribution in [0.3, 0.4) is 0 Å². The SMILES string of the molecule is C=C/C=C\C1=C(C)C2=C(CCC=C2CC2(C)BC2(C)C)CC1. The van der Waals surface area contributed by atoms with Gasteiger partial charge in [0.05, 0.1) is 0 Å². The van der Waals surface area contributed by atoms with Gasteiger partial charge in [0.25, 0.3) is 0 Å². The van der Waals surface area contributed by atoms with Crippen molar-refractivity contribution < 1.29 is 0 Å². The highest BCUT2D eigenvalue weighted by Crippen LogP contribution is 2.71. The lowest BCUT2D eigenvalue weighted by Gasteiger charge is -2.31. The molecule has 116 valence electrons. The second-order valence-corrected chi connectivity index (χ2v) is 8.29. The molecule has 1 heterocycles. The minimum absolute atomic E-state index is 0.503. The second-order valence-electron chi connectivity index (χ2n) is 8.29. The van der Waals surface area contributed by atoms with Crippen LogP contribution in [-0.2, 0) is 0 Å². The predicted octanol–water partition coefficient (Wildman–Crippen LogP) is 6.07. The summed E-state index contributed by atoms with van der Waals surface area (Å²) in [5.74, 6) is 0. The van der Waals surface area contributed by atoms with Crippen molar-refractivity contribution in [3.8, 4) is 0 Å². The maximum Gasteiger partial charge on any atom is 0.134 e. The monoisotopic (exact) mass is 292 g/mol. The van der Waals surface area contributed by atoms with Crippen LogP contribution in [-0.4, -0.2) is 7.28 Å². The van der Waals surface area contributed by atoms with Crippen LogP contribution in [0.25, 0.3) is 0 Å². The van der Waals surface area contributed by atoms with E-state index < -0.39 is 0 Å². The Hall–Kier alpha value is -1.24. The highest BCUT2D eigenvalue weighted by molar-refractivity contribution is 6.59. The molecule has 0 aromatic carbocycles. The molecule has 0 bridgehead atoms. The van der Waals surface area contributed by atoms with Crippen LogP contribution in [0, 0.1) is 0 Å².